The second kappa shape index (κ2) is 5.85. The summed E-state index contributed by atoms with van der Waals surface area (Å²) in [6.07, 6.45) is 0.387. The van der Waals surface area contributed by atoms with Gasteiger partial charge in [-0.15, -0.1) is 0 Å². The van der Waals surface area contributed by atoms with Gasteiger partial charge in [-0.25, -0.2) is 17.2 Å². The molecule has 5 nitrogen and oxygen atoms in total. The molecule has 0 aliphatic carbocycles. The first-order chi connectivity index (χ1) is 12.3. The third kappa shape index (κ3) is 2.79. The lowest BCUT2D eigenvalue weighted by molar-refractivity contribution is 0.0498. The SMILES string of the molecule is O=C1CC2(CCN(S(=O)(=O)c3cc(F)cc(F)c3)C2)Oc2ccccc21. The summed E-state index contributed by atoms with van der Waals surface area (Å²) in [7, 11) is -4.09. The van der Waals surface area contributed by atoms with Gasteiger partial charge in [-0.05, 0) is 24.3 Å². The average molecular weight is 379 g/mol. The van der Waals surface area contributed by atoms with Crippen LogP contribution in [0, 0.1) is 11.6 Å². The Balaban J connectivity index is 1.64. The van der Waals surface area contributed by atoms with Crippen LogP contribution in [0.1, 0.15) is 23.2 Å². The number of halogens is 2. The number of hydrogen-bond donors (Lipinski definition) is 0. The first kappa shape index (κ1) is 17.1. The number of para-hydroxylation sites is 1. The summed E-state index contributed by atoms with van der Waals surface area (Å²) < 4.78 is 59.4. The van der Waals surface area contributed by atoms with Crippen LogP contribution in [0.5, 0.6) is 5.75 Å². The summed E-state index contributed by atoms with van der Waals surface area (Å²) in [5, 5.41) is 0. The summed E-state index contributed by atoms with van der Waals surface area (Å²) in [4.78, 5) is 12.0. The second-order valence-corrected chi connectivity index (χ2v) is 8.51. The van der Waals surface area contributed by atoms with Crippen LogP contribution in [0.3, 0.4) is 0 Å². The molecule has 0 saturated carbocycles. The fourth-order valence-electron chi connectivity index (χ4n) is 3.51. The van der Waals surface area contributed by atoms with Crippen LogP contribution in [0.25, 0.3) is 0 Å². The number of carbonyl (C=O) groups is 1. The van der Waals surface area contributed by atoms with Crippen molar-refractivity contribution in [2.75, 3.05) is 13.1 Å². The molecule has 2 heterocycles. The maximum atomic E-state index is 13.4. The number of fused-ring (bicyclic) bond motifs is 1. The standard InChI is InChI=1S/C18H15F2NO4S/c19-12-7-13(20)9-14(8-12)26(23,24)21-6-5-18(11-21)10-16(22)15-3-1-2-4-17(15)25-18/h1-4,7-9H,5-6,10-11H2. The van der Waals surface area contributed by atoms with Gasteiger partial charge in [0.2, 0.25) is 10.0 Å². The van der Waals surface area contributed by atoms with E-state index in [2.05, 4.69) is 0 Å². The zero-order valence-corrected chi connectivity index (χ0v) is 14.4. The highest BCUT2D eigenvalue weighted by atomic mass is 32.2. The van der Waals surface area contributed by atoms with Gasteiger partial charge in [-0.2, -0.15) is 4.31 Å². The van der Waals surface area contributed by atoms with Crippen molar-refractivity contribution in [3.8, 4) is 5.75 Å². The van der Waals surface area contributed by atoms with Crippen molar-refractivity contribution in [1.29, 1.82) is 0 Å². The second-order valence-electron chi connectivity index (χ2n) is 6.57. The molecule has 0 N–H and O–H groups in total. The van der Waals surface area contributed by atoms with Crippen LogP contribution in [0.4, 0.5) is 8.78 Å². The Morgan fingerprint density at radius 2 is 1.77 bits per heavy atom. The van der Waals surface area contributed by atoms with Gasteiger partial charge in [0.1, 0.15) is 23.0 Å². The van der Waals surface area contributed by atoms with Crippen molar-refractivity contribution < 1.29 is 26.7 Å². The molecule has 1 atom stereocenters. The van der Waals surface area contributed by atoms with E-state index in [1.165, 1.54) is 0 Å². The number of hydrogen-bond acceptors (Lipinski definition) is 4. The molecule has 0 radical (unpaired) electrons. The third-order valence-corrected chi connectivity index (χ3v) is 6.57. The molecule has 136 valence electrons. The molecule has 2 aromatic carbocycles. The van der Waals surface area contributed by atoms with Gasteiger partial charge >= 0.3 is 0 Å². The highest BCUT2D eigenvalue weighted by Gasteiger charge is 2.49. The Labute approximate surface area is 149 Å². The van der Waals surface area contributed by atoms with E-state index in [0.29, 0.717) is 23.8 Å². The van der Waals surface area contributed by atoms with Crippen molar-refractivity contribution in [2.45, 2.75) is 23.3 Å². The van der Waals surface area contributed by atoms with Crippen LogP contribution in [0.15, 0.2) is 47.4 Å². The van der Waals surface area contributed by atoms with Crippen LogP contribution in [0.2, 0.25) is 0 Å². The topological polar surface area (TPSA) is 63.7 Å². The summed E-state index contributed by atoms with van der Waals surface area (Å²) >= 11 is 0. The molecule has 8 heteroatoms. The Hall–Kier alpha value is -2.32. The van der Waals surface area contributed by atoms with E-state index < -0.39 is 32.2 Å². The number of benzene rings is 2. The Kier molecular flexibility index (Phi) is 3.85. The fraction of sp³-hybridized carbons (Fsp3) is 0.278. The van der Waals surface area contributed by atoms with Crippen molar-refractivity contribution >= 4 is 15.8 Å². The van der Waals surface area contributed by atoms with Gasteiger partial charge < -0.3 is 4.74 Å². The van der Waals surface area contributed by atoms with Gasteiger partial charge in [0, 0.05) is 19.0 Å². The lowest BCUT2D eigenvalue weighted by Gasteiger charge is -2.34. The van der Waals surface area contributed by atoms with Crippen LogP contribution < -0.4 is 4.74 Å². The quantitative estimate of drug-likeness (QED) is 0.805. The van der Waals surface area contributed by atoms with E-state index in [9.17, 15) is 22.0 Å². The first-order valence-corrected chi connectivity index (χ1v) is 9.51. The number of ketones is 1. The summed E-state index contributed by atoms with van der Waals surface area (Å²) in [5.41, 5.74) is -0.476. The summed E-state index contributed by atoms with van der Waals surface area (Å²) in [6.45, 7) is 0.0590. The minimum atomic E-state index is -4.09. The largest absolute Gasteiger partial charge is 0.485 e. The van der Waals surface area contributed by atoms with Crippen molar-refractivity contribution in [1.82, 2.24) is 4.31 Å². The highest BCUT2D eigenvalue weighted by Crippen LogP contribution is 2.40. The Bertz CT molecular complexity index is 988. The average Bonchev–Trinajstić information content (AvgIpc) is 2.98. The molecular formula is C18H15F2NO4S. The Morgan fingerprint density at radius 3 is 2.50 bits per heavy atom. The van der Waals surface area contributed by atoms with Gasteiger partial charge in [0.15, 0.2) is 5.78 Å². The lowest BCUT2D eigenvalue weighted by atomic mass is 9.89. The fourth-order valence-corrected chi connectivity index (χ4v) is 5.07. The smallest absolute Gasteiger partial charge is 0.243 e. The van der Waals surface area contributed by atoms with E-state index in [1.54, 1.807) is 24.3 Å². The van der Waals surface area contributed by atoms with Gasteiger partial charge in [0.25, 0.3) is 0 Å². The Morgan fingerprint density at radius 1 is 1.08 bits per heavy atom. The normalized spacial score (nSPS) is 23.1. The minimum Gasteiger partial charge on any atom is -0.485 e. The molecule has 1 unspecified atom stereocenters. The van der Waals surface area contributed by atoms with Crippen LogP contribution >= 0.6 is 0 Å². The summed E-state index contributed by atoms with van der Waals surface area (Å²) in [5.74, 6) is -1.60. The number of nitrogens with zero attached hydrogens (tertiary/aromatic N) is 1. The van der Waals surface area contributed by atoms with E-state index >= 15 is 0 Å². The monoisotopic (exact) mass is 379 g/mol. The molecule has 1 spiro atoms. The maximum Gasteiger partial charge on any atom is 0.243 e. The minimum absolute atomic E-state index is 0.0481. The predicted octanol–water partition coefficient (Wildman–Crippen LogP) is 2.76. The molecule has 0 bridgehead atoms. The zero-order chi connectivity index (χ0) is 18.5. The van der Waals surface area contributed by atoms with Gasteiger partial charge in [0.05, 0.1) is 23.4 Å². The number of carbonyl (C=O) groups excluding carboxylic acids is 1. The molecule has 2 aliphatic rings. The molecule has 0 amide bonds. The van der Waals surface area contributed by atoms with Crippen molar-refractivity contribution in [3.05, 3.63) is 59.7 Å². The zero-order valence-electron chi connectivity index (χ0n) is 13.6. The number of Topliss-reactive ketones (excluding diaryl/α,β-unsaturated/α-hetero) is 1. The predicted molar refractivity (Wildman–Crippen MR) is 88.5 cm³/mol. The highest BCUT2D eigenvalue weighted by molar-refractivity contribution is 7.89. The van der Waals surface area contributed by atoms with E-state index in [-0.39, 0.29) is 25.3 Å². The van der Waals surface area contributed by atoms with Crippen LogP contribution in [-0.4, -0.2) is 37.2 Å². The number of sulfonamides is 1. The first-order valence-electron chi connectivity index (χ1n) is 8.07. The lowest BCUT2D eigenvalue weighted by Crippen LogP contribution is -2.45. The summed E-state index contributed by atoms with van der Waals surface area (Å²) in [6, 6.07) is 9.00. The number of ether oxygens (including phenoxy) is 1. The maximum absolute atomic E-state index is 13.4. The van der Waals surface area contributed by atoms with Gasteiger partial charge in [-0.1, -0.05) is 12.1 Å². The molecule has 2 aliphatic heterocycles. The van der Waals surface area contributed by atoms with Crippen molar-refractivity contribution in [3.63, 3.8) is 0 Å². The van der Waals surface area contributed by atoms with E-state index in [4.69, 9.17) is 4.74 Å². The molecule has 26 heavy (non-hydrogen) atoms. The molecule has 2 aromatic rings. The number of rotatable bonds is 2. The van der Waals surface area contributed by atoms with E-state index in [0.717, 1.165) is 16.4 Å². The molecule has 1 fully saturated rings. The molecular weight excluding hydrogens is 364 g/mol. The third-order valence-electron chi connectivity index (χ3n) is 4.75. The molecule has 4 rings (SSSR count). The van der Waals surface area contributed by atoms with Crippen LogP contribution in [-0.2, 0) is 10.0 Å². The molecule has 0 aromatic heterocycles. The molecule has 1 saturated heterocycles. The van der Waals surface area contributed by atoms with Gasteiger partial charge in [-0.3, -0.25) is 4.79 Å². The van der Waals surface area contributed by atoms with E-state index in [1.807, 2.05) is 0 Å². The van der Waals surface area contributed by atoms with Crippen molar-refractivity contribution in [2.24, 2.45) is 0 Å².